The quantitative estimate of drug-likeness (QED) is 0.781. The van der Waals surface area contributed by atoms with Crippen LogP contribution in [0.5, 0.6) is 5.75 Å². The van der Waals surface area contributed by atoms with Crippen molar-refractivity contribution in [3.05, 3.63) is 54.1 Å². The van der Waals surface area contributed by atoms with Crippen LogP contribution in [0.15, 0.2) is 47.6 Å². The van der Waals surface area contributed by atoms with Crippen molar-refractivity contribution in [1.82, 2.24) is 9.71 Å². The summed E-state index contributed by atoms with van der Waals surface area (Å²) < 4.78 is 53.2. The van der Waals surface area contributed by atoms with E-state index < -0.39 is 21.9 Å². The maximum Gasteiger partial charge on any atom is 0.241 e. The summed E-state index contributed by atoms with van der Waals surface area (Å²) in [5.41, 5.74) is 0.777. The average molecular weight is 394 g/mol. The molecule has 1 aliphatic heterocycles. The van der Waals surface area contributed by atoms with Gasteiger partial charge in [0.15, 0.2) is 11.6 Å². The third-order valence-electron chi connectivity index (χ3n) is 4.58. The molecule has 0 radical (unpaired) electrons. The first-order valence-corrected chi connectivity index (χ1v) is 10.4. The summed E-state index contributed by atoms with van der Waals surface area (Å²) >= 11 is 0. The van der Waals surface area contributed by atoms with E-state index in [4.69, 9.17) is 9.47 Å². The SMILES string of the molecule is CCOc1ccc(S(=O)(=O)N[C@H](c2cccnc2)C2CCOCC2)cc1F. The van der Waals surface area contributed by atoms with Crippen molar-refractivity contribution in [2.24, 2.45) is 5.92 Å². The third-order valence-corrected chi connectivity index (χ3v) is 6.02. The van der Waals surface area contributed by atoms with E-state index in [9.17, 15) is 12.8 Å². The van der Waals surface area contributed by atoms with Gasteiger partial charge in [0.25, 0.3) is 0 Å². The van der Waals surface area contributed by atoms with E-state index in [-0.39, 0.29) is 16.6 Å². The van der Waals surface area contributed by atoms with E-state index >= 15 is 0 Å². The van der Waals surface area contributed by atoms with Crippen LogP contribution in [-0.2, 0) is 14.8 Å². The number of pyridine rings is 1. The van der Waals surface area contributed by atoms with Gasteiger partial charge in [-0.05, 0) is 55.5 Å². The number of nitrogens with one attached hydrogen (secondary N) is 1. The van der Waals surface area contributed by atoms with Crippen molar-refractivity contribution >= 4 is 10.0 Å². The van der Waals surface area contributed by atoms with Crippen LogP contribution in [0.4, 0.5) is 4.39 Å². The predicted molar refractivity (Wildman–Crippen MR) is 98.4 cm³/mol. The van der Waals surface area contributed by atoms with Crippen LogP contribution >= 0.6 is 0 Å². The fraction of sp³-hybridized carbons (Fsp3) is 0.421. The summed E-state index contributed by atoms with van der Waals surface area (Å²) in [4.78, 5) is 3.97. The Balaban J connectivity index is 1.88. The first-order chi connectivity index (χ1) is 13.0. The summed E-state index contributed by atoms with van der Waals surface area (Å²) in [6.07, 6.45) is 4.77. The van der Waals surface area contributed by atoms with Gasteiger partial charge in [0.1, 0.15) is 0 Å². The van der Waals surface area contributed by atoms with E-state index in [0.29, 0.717) is 19.8 Å². The zero-order valence-electron chi connectivity index (χ0n) is 15.1. The Kier molecular flexibility index (Phi) is 6.41. The largest absolute Gasteiger partial charge is 0.491 e. The first-order valence-electron chi connectivity index (χ1n) is 8.93. The minimum absolute atomic E-state index is 0.0321. The van der Waals surface area contributed by atoms with Gasteiger partial charge in [-0.1, -0.05) is 6.07 Å². The number of sulfonamides is 1. The highest BCUT2D eigenvalue weighted by molar-refractivity contribution is 7.89. The number of benzene rings is 1. The van der Waals surface area contributed by atoms with Crippen molar-refractivity contribution in [1.29, 1.82) is 0 Å². The molecule has 2 aromatic rings. The van der Waals surface area contributed by atoms with Crippen LogP contribution in [0.3, 0.4) is 0 Å². The van der Waals surface area contributed by atoms with Crippen molar-refractivity contribution in [2.45, 2.75) is 30.7 Å². The van der Waals surface area contributed by atoms with E-state index in [1.165, 1.54) is 12.1 Å². The van der Waals surface area contributed by atoms with Crippen LogP contribution in [0.2, 0.25) is 0 Å². The number of nitrogens with zero attached hydrogens (tertiary/aromatic N) is 1. The molecule has 1 aromatic heterocycles. The standard InChI is InChI=1S/C19H23FN2O4S/c1-2-26-18-6-5-16(12-17(18)20)27(23,24)22-19(14-7-10-25-11-8-14)15-4-3-9-21-13-15/h3-6,9,12-14,19,22H,2,7-8,10-11H2,1H3/t19-/m0/s1. The molecule has 1 aromatic carbocycles. The number of ether oxygens (including phenoxy) is 2. The lowest BCUT2D eigenvalue weighted by atomic mass is 9.88. The molecule has 3 rings (SSSR count). The lowest BCUT2D eigenvalue weighted by molar-refractivity contribution is 0.0564. The Labute approximate surface area is 158 Å². The minimum Gasteiger partial charge on any atom is -0.491 e. The Morgan fingerprint density at radius 3 is 2.74 bits per heavy atom. The molecule has 146 valence electrons. The van der Waals surface area contributed by atoms with Crippen LogP contribution in [0.25, 0.3) is 0 Å². The summed E-state index contributed by atoms with van der Waals surface area (Å²) in [6, 6.07) is 6.82. The third kappa shape index (κ3) is 4.82. The van der Waals surface area contributed by atoms with E-state index in [2.05, 4.69) is 9.71 Å². The summed E-state index contributed by atoms with van der Waals surface area (Å²) in [7, 11) is -3.93. The summed E-state index contributed by atoms with van der Waals surface area (Å²) in [5.74, 6) is -0.598. The number of aromatic nitrogens is 1. The Bertz CT molecular complexity index is 855. The fourth-order valence-corrected chi connectivity index (χ4v) is 4.51. The zero-order chi connectivity index (χ0) is 19.3. The van der Waals surface area contributed by atoms with Gasteiger partial charge in [-0.25, -0.2) is 17.5 Å². The van der Waals surface area contributed by atoms with Crippen LogP contribution in [-0.4, -0.2) is 33.2 Å². The van der Waals surface area contributed by atoms with Crippen molar-refractivity contribution < 1.29 is 22.3 Å². The van der Waals surface area contributed by atoms with Crippen LogP contribution in [0, 0.1) is 11.7 Å². The van der Waals surface area contributed by atoms with Gasteiger partial charge in [-0.3, -0.25) is 4.98 Å². The number of rotatable bonds is 7. The van der Waals surface area contributed by atoms with Gasteiger partial charge < -0.3 is 9.47 Å². The Morgan fingerprint density at radius 1 is 1.33 bits per heavy atom. The Morgan fingerprint density at radius 2 is 2.11 bits per heavy atom. The maximum absolute atomic E-state index is 14.1. The molecule has 0 spiro atoms. The molecule has 0 aliphatic carbocycles. The van der Waals surface area contributed by atoms with Gasteiger partial charge in [0.2, 0.25) is 10.0 Å². The molecule has 0 saturated carbocycles. The second-order valence-electron chi connectivity index (χ2n) is 6.36. The van der Waals surface area contributed by atoms with E-state index in [1.807, 2.05) is 6.07 Å². The topological polar surface area (TPSA) is 77.5 Å². The van der Waals surface area contributed by atoms with Gasteiger partial charge in [0.05, 0.1) is 17.5 Å². The van der Waals surface area contributed by atoms with Crippen LogP contribution in [0.1, 0.15) is 31.4 Å². The molecule has 0 unspecified atom stereocenters. The highest BCUT2D eigenvalue weighted by Gasteiger charge is 2.30. The van der Waals surface area contributed by atoms with Gasteiger partial charge in [-0.2, -0.15) is 0 Å². The molecular formula is C19H23FN2O4S. The lowest BCUT2D eigenvalue weighted by Crippen LogP contribution is -2.36. The summed E-state index contributed by atoms with van der Waals surface area (Å²) in [5, 5.41) is 0. The van der Waals surface area contributed by atoms with Crippen LogP contribution < -0.4 is 9.46 Å². The predicted octanol–water partition coefficient (Wildman–Crippen LogP) is 3.07. The fourth-order valence-electron chi connectivity index (χ4n) is 3.20. The molecule has 2 heterocycles. The zero-order valence-corrected chi connectivity index (χ0v) is 15.9. The second kappa shape index (κ2) is 8.77. The molecular weight excluding hydrogens is 371 g/mol. The molecule has 0 bridgehead atoms. The van der Waals surface area contributed by atoms with Crippen molar-refractivity contribution in [3.63, 3.8) is 0 Å². The van der Waals surface area contributed by atoms with Gasteiger partial charge in [0, 0.05) is 25.6 Å². The monoisotopic (exact) mass is 394 g/mol. The minimum atomic E-state index is -3.93. The second-order valence-corrected chi connectivity index (χ2v) is 8.07. The van der Waals surface area contributed by atoms with Crippen molar-refractivity contribution in [3.8, 4) is 5.75 Å². The molecule has 1 fully saturated rings. The molecule has 27 heavy (non-hydrogen) atoms. The number of hydrogen-bond donors (Lipinski definition) is 1. The normalized spacial score (nSPS) is 16.8. The summed E-state index contributed by atoms with van der Waals surface area (Å²) in [6.45, 7) is 3.20. The van der Waals surface area contributed by atoms with E-state index in [1.54, 1.807) is 25.4 Å². The molecule has 1 aliphatic rings. The molecule has 0 amide bonds. The molecule has 8 heteroatoms. The molecule has 6 nitrogen and oxygen atoms in total. The number of halogens is 1. The molecule has 1 atom stereocenters. The van der Waals surface area contributed by atoms with Gasteiger partial charge in [-0.15, -0.1) is 0 Å². The van der Waals surface area contributed by atoms with Gasteiger partial charge >= 0.3 is 0 Å². The van der Waals surface area contributed by atoms with E-state index in [0.717, 1.165) is 24.5 Å². The smallest absolute Gasteiger partial charge is 0.241 e. The molecule has 1 N–H and O–H groups in total. The van der Waals surface area contributed by atoms with Crippen molar-refractivity contribution in [2.75, 3.05) is 19.8 Å². The lowest BCUT2D eigenvalue weighted by Gasteiger charge is -2.31. The number of hydrogen-bond acceptors (Lipinski definition) is 5. The highest BCUT2D eigenvalue weighted by atomic mass is 32.2. The maximum atomic E-state index is 14.1. The highest BCUT2D eigenvalue weighted by Crippen LogP contribution is 2.31. The average Bonchev–Trinajstić information content (AvgIpc) is 2.69. The Hall–Kier alpha value is -2.03. The molecule has 1 saturated heterocycles. The first kappa shape index (κ1) is 19.7.